The smallest absolute Gasteiger partial charge is 0.274 e. The summed E-state index contributed by atoms with van der Waals surface area (Å²) in [5.41, 5.74) is 4.63. The molecule has 0 aliphatic rings. The highest BCUT2D eigenvalue weighted by Crippen LogP contribution is 2.26. The SMILES string of the molecule is CCc1noc(-c2c(C)cc(C)n2CC(=O)Nc2ccccc2C)n1. The zero-order chi connectivity index (χ0) is 18.0. The van der Waals surface area contributed by atoms with E-state index in [2.05, 4.69) is 15.5 Å². The summed E-state index contributed by atoms with van der Waals surface area (Å²) >= 11 is 0. The first-order valence-corrected chi connectivity index (χ1v) is 8.34. The highest BCUT2D eigenvalue weighted by atomic mass is 16.5. The van der Waals surface area contributed by atoms with Gasteiger partial charge in [-0.25, -0.2) is 0 Å². The van der Waals surface area contributed by atoms with Gasteiger partial charge in [0.05, 0.1) is 0 Å². The predicted molar refractivity (Wildman–Crippen MR) is 96.4 cm³/mol. The Morgan fingerprint density at radius 1 is 1.20 bits per heavy atom. The second-order valence-electron chi connectivity index (χ2n) is 6.14. The van der Waals surface area contributed by atoms with Crippen LogP contribution in [0.25, 0.3) is 11.6 Å². The maximum atomic E-state index is 12.5. The van der Waals surface area contributed by atoms with Crippen molar-refractivity contribution in [2.75, 3.05) is 5.32 Å². The van der Waals surface area contributed by atoms with E-state index in [9.17, 15) is 4.79 Å². The van der Waals surface area contributed by atoms with E-state index >= 15 is 0 Å². The number of benzene rings is 1. The quantitative estimate of drug-likeness (QED) is 0.770. The molecular formula is C19H22N4O2. The van der Waals surface area contributed by atoms with Crippen molar-refractivity contribution in [1.29, 1.82) is 0 Å². The molecule has 0 saturated heterocycles. The predicted octanol–water partition coefficient (Wildman–Crippen LogP) is 3.66. The average Bonchev–Trinajstić information content (AvgIpc) is 3.14. The zero-order valence-electron chi connectivity index (χ0n) is 15.0. The van der Waals surface area contributed by atoms with Crippen molar-refractivity contribution < 1.29 is 9.32 Å². The molecule has 0 spiro atoms. The van der Waals surface area contributed by atoms with Crippen LogP contribution in [0.15, 0.2) is 34.9 Å². The maximum absolute atomic E-state index is 12.5. The molecule has 2 heterocycles. The minimum Gasteiger partial charge on any atom is -0.332 e. The number of rotatable bonds is 5. The standard InChI is InChI=1S/C19H22N4O2/c1-5-16-21-19(25-22-16)18-13(3)10-14(4)23(18)11-17(24)20-15-9-7-6-8-12(15)2/h6-10H,5,11H2,1-4H3,(H,20,24). The first-order chi connectivity index (χ1) is 12.0. The van der Waals surface area contributed by atoms with Gasteiger partial charge in [0.15, 0.2) is 5.82 Å². The average molecular weight is 338 g/mol. The molecule has 2 aromatic heterocycles. The van der Waals surface area contributed by atoms with Crippen LogP contribution < -0.4 is 5.32 Å². The van der Waals surface area contributed by atoms with Gasteiger partial charge >= 0.3 is 0 Å². The van der Waals surface area contributed by atoms with E-state index in [0.717, 1.165) is 28.2 Å². The van der Waals surface area contributed by atoms with Crippen LogP contribution in [-0.4, -0.2) is 20.6 Å². The molecule has 0 atom stereocenters. The summed E-state index contributed by atoms with van der Waals surface area (Å²) in [6, 6.07) is 9.74. The summed E-state index contributed by atoms with van der Waals surface area (Å²) in [6.07, 6.45) is 0.704. The van der Waals surface area contributed by atoms with Crippen LogP contribution in [-0.2, 0) is 17.8 Å². The van der Waals surface area contributed by atoms with E-state index in [4.69, 9.17) is 4.52 Å². The molecule has 6 heteroatoms. The van der Waals surface area contributed by atoms with Gasteiger partial charge in [-0.15, -0.1) is 0 Å². The van der Waals surface area contributed by atoms with Crippen LogP contribution in [0.2, 0.25) is 0 Å². The van der Waals surface area contributed by atoms with Crippen molar-refractivity contribution >= 4 is 11.6 Å². The first kappa shape index (κ1) is 17.0. The van der Waals surface area contributed by atoms with Crippen molar-refractivity contribution in [3.05, 3.63) is 53.0 Å². The van der Waals surface area contributed by atoms with Crippen LogP contribution >= 0.6 is 0 Å². The topological polar surface area (TPSA) is 73.0 Å². The third-order valence-electron chi connectivity index (χ3n) is 4.20. The lowest BCUT2D eigenvalue weighted by Gasteiger charge is -2.12. The summed E-state index contributed by atoms with van der Waals surface area (Å²) in [5.74, 6) is 1.01. The molecule has 0 aliphatic heterocycles. The Hall–Kier alpha value is -2.89. The number of hydrogen-bond donors (Lipinski definition) is 1. The fraction of sp³-hybridized carbons (Fsp3) is 0.316. The Balaban J connectivity index is 1.87. The Morgan fingerprint density at radius 3 is 2.64 bits per heavy atom. The van der Waals surface area contributed by atoms with Gasteiger partial charge in [-0.05, 0) is 44.0 Å². The molecular weight excluding hydrogens is 316 g/mol. The number of aryl methyl sites for hydroxylation is 4. The van der Waals surface area contributed by atoms with Crippen LogP contribution in [0.1, 0.15) is 29.6 Å². The molecule has 3 aromatic rings. The highest BCUT2D eigenvalue weighted by molar-refractivity contribution is 5.91. The van der Waals surface area contributed by atoms with Gasteiger partial charge in [-0.3, -0.25) is 4.79 Å². The summed E-state index contributed by atoms with van der Waals surface area (Å²) in [4.78, 5) is 17.0. The lowest BCUT2D eigenvalue weighted by molar-refractivity contribution is -0.116. The molecule has 0 bridgehead atoms. The van der Waals surface area contributed by atoms with Crippen molar-refractivity contribution in [2.24, 2.45) is 0 Å². The number of para-hydroxylation sites is 1. The number of carbonyl (C=O) groups is 1. The van der Waals surface area contributed by atoms with E-state index in [0.29, 0.717) is 18.1 Å². The number of nitrogens with zero attached hydrogens (tertiary/aromatic N) is 3. The van der Waals surface area contributed by atoms with E-state index in [1.807, 2.05) is 62.6 Å². The van der Waals surface area contributed by atoms with Crippen LogP contribution in [0.4, 0.5) is 5.69 Å². The summed E-state index contributed by atoms with van der Waals surface area (Å²) in [6.45, 7) is 8.08. The minimum atomic E-state index is -0.0931. The minimum absolute atomic E-state index is 0.0931. The lowest BCUT2D eigenvalue weighted by atomic mass is 10.2. The zero-order valence-corrected chi connectivity index (χ0v) is 15.0. The molecule has 1 aromatic carbocycles. The molecule has 0 saturated carbocycles. The van der Waals surface area contributed by atoms with Crippen LogP contribution in [0.5, 0.6) is 0 Å². The summed E-state index contributed by atoms with van der Waals surface area (Å²) in [5, 5.41) is 6.92. The van der Waals surface area contributed by atoms with Crippen molar-refractivity contribution in [1.82, 2.24) is 14.7 Å². The van der Waals surface area contributed by atoms with Crippen molar-refractivity contribution in [3.8, 4) is 11.6 Å². The number of anilines is 1. The third kappa shape index (κ3) is 3.47. The normalized spacial score (nSPS) is 10.9. The molecule has 3 rings (SSSR count). The van der Waals surface area contributed by atoms with Gasteiger partial charge in [0.2, 0.25) is 5.91 Å². The van der Waals surface area contributed by atoms with E-state index in [1.54, 1.807) is 0 Å². The summed E-state index contributed by atoms with van der Waals surface area (Å²) < 4.78 is 7.29. The van der Waals surface area contributed by atoms with Crippen molar-refractivity contribution in [2.45, 2.75) is 40.7 Å². The third-order valence-corrected chi connectivity index (χ3v) is 4.20. The van der Waals surface area contributed by atoms with E-state index in [1.165, 1.54) is 0 Å². The molecule has 1 amide bonds. The second kappa shape index (κ2) is 6.93. The molecule has 25 heavy (non-hydrogen) atoms. The van der Waals surface area contributed by atoms with Gasteiger partial charge in [0, 0.05) is 17.8 Å². The van der Waals surface area contributed by atoms with Gasteiger partial charge in [-0.1, -0.05) is 30.3 Å². The number of amides is 1. The molecule has 130 valence electrons. The van der Waals surface area contributed by atoms with E-state index in [-0.39, 0.29) is 12.5 Å². The fourth-order valence-corrected chi connectivity index (χ4v) is 2.88. The monoisotopic (exact) mass is 338 g/mol. The maximum Gasteiger partial charge on any atom is 0.274 e. The Bertz CT molecular complexity index is 908. The lowest BCUT2D eigenvalue weighted by Crippen LogP contribution is -2.20. The fourth-order valence-electron chi connectivity index (χ4n) is 2.88. The number of nitrogens with one attached hydrogen (secondary N) is 1. The number of hydrogen-bond acceptors (Lipinski definition) is 4. The number of aromatic nitrogens is 3. The van der Waals surface area contributed by atoms with E-state index < -0.39 is 0 Å². The van der Waals surface area contributed by atoms with Gasteiger partial charge in [-0.2, -0.15) is 4.98 Å². The van der Waals surface area contributed by atoms with Gasteiger partial charge in [0.1, 0.15) is 12.2 Å². The molecule has 6 nitrogen and oxygen atoms in total. The number of carbonyl (C=O) groups excluding carboxylic acids is 1. The van der Waals surface area contributed by atoms with Gasteiger partial charge < -0.3 is 14.4 Å². The van der Waals surface area contributed by atoms with Gasteiger partial charge in [0.25, 0.3) is 5.89 Å². The second-order valence-corrected chi connectivity index (χ2v) is 6.14. The molecule has 0 fully saturated rings. The Morgan fingerprint density at radius 2 is 1.96 bits per heavy atom. The largest absolute Gasteiger partial charge is 0.332 e. The Kier molecular flexibility index (Phi) is 4.70. The molecule has 0 unspecified atom stereocenters. The van der Waals surface area contributed by atoms with Crippen LogP contribution in [0, 0.1) is 20.8 Å². The summed E-state index contributed by atoms with van der Waals surface area (Å²) in [7, 11) is 0. The Labute approximate surface area is 146 Å². The van der Waals surface area contributed by atoms with Crippen LogP contribution in [0.3, 0.4) is 0 Å². The molecule has 0 radical (unpaired) electrons. The molecule has 0 aliphatic carbocycles. The first-order valence-electron chi connectivity index (χ1n) is 8.34. The van der Waals surface area contributed by atoms with Crippen molar-refractivity contribution in [3.63, 3.8) is 0 Å². The molecule has 1 N–H and O–H groups in total. The highest BCUT2D eigenvalue weighted by Gasteiger charge is 2.19.